The number of piperazine rings is 1. The van der Waals surface area contributed by atoms with E-state index in [4.69, 9.17) is 5.11 Å². The fourth-order valence-corrected chi connectivity index (χ4v) is 2.04. The largest absolute Gasteiger partial charge is 0.480 e. The number of nitrogens with zero attached hydrogens (tertiary/aromatic N) is 2. The molecule has 3 amide bonds. The molecule has 0 aliphatic carbocycles. The van der Waals surface area contributed by atoms with Gasteiger partial charge in [-0.05, 0) is 18.1 Å². The van der Waals surface area contributed by atoms with Crippen molar-refractivity contribution in [3.63, 3.8) is 0 Å². The fourth-order valence-electron chi connectivity index (χ4n) is 2.04. The van der Waals surface area contributed by atoms with Crippen LogP contribution in [0.3, 0.4) is 0 Å². The van der Waals surface area contributed by atoms with Crippen LogP contribution in [0.25, 0.3) is 0 Å². The molecule has 2 heterocycles. The standard InChI is InChI=1S/C13H16N4O4/c18-11-8-17(10(7-16-11)12(19)20)13(21)15-5-3-9-2-1-4-14-6-9/h1-2,4,6,10H,3,5,7-8H2,(H,15,21)(H,16,18)(H,19,20). The van der Waals surface area contributed by atoms with Gasteiger partial charge in [-0.2, -0.15) is 0 Å². The van der Waals surface area contributed by atoms with E-state index in [9.17, 15) is 14.4 Å². The number of urea groups is 1. The van der Waals surface area contributed by atoms with E-state index in [2.05, 4.69) is 15.6 Å². The highest BCUT2D eigenvalue weighted by Crippen LogP contribution is 2.05. The van der Waals surface area contributed by atoms with E-state index in [-0.39, 0.29) is 19.0 Å². The third-order valence-electron chi connectivity index (χ3n) is 3.14. The number of nitrogens with one attached hydrogen (secondary N) is 2. The first-order valence-electron chi connectivity index (χ1n) is 6.51. The van der Waals surface area contributed by atoms with Gasteiger partial charge in [0.2, 0.25) is 5.91 Å². The van der Waals surface area contributed by atoms with Crippen LogP contribution in [-0.2, 0) is 16.0 Å². The summed E-state index contributed by atoms with van der Waals surface area (Å²) in [5.41, 5.74) is 0.962. The molecule has 1 unspecified atom stereocenters. The lowest BCUT2D eigenvalue weighted by molar-refractivity contribution is -0.144. The van der Waals surface area contributed by atoms with Gasteiger partial charge in [-0.15, -0.1) is 0 Å². The minimum Gasteiger partial charge on any atom is -0.480 e. The van der Waals surface area contributed by atoms with Crippen molar-refractivity contribution in [2.45, 2.75) is 12.5 Å². The van der Waals surface area contributed by atoms with Crippen LogP contribution in [0.5, 0.6) is 0 Å². The number of pyridine rings is 1. The Morgan fingerprint density at radius 3 is 3.00 bits per heavy atom. The Kier molecular flexibility index (Phi) is 4.70. The van der Waals surface area contributed by atoms with Crippen molar-refractivity contribution in [3.8, 4) is 0 Å². The van der Waals surface area contributed by atoms with Crippen molar-refractivity contribution in [3.05, 3.63) is 30.1 Å². The molecule has 1 atom stereocenters. The smallest absolute Gasteiger partial charge is 0.328 e. The first-order chi connectivity index (χ1) is 10.1. The predicted octanol–water partition coefficient (Wildman–Crippen LogP) is -0.781. The molecule has 0 radical (unpaired) electrons. The van der Waals surface area contributed by atoms with E-state index >= 15 is 0 Å². The highest BCUT2D eigenvalue weighted by Gasteiger charge is 2.34. The van der Waals surface area contributed by atoms with Crippen LogP contribution in [0, 0.1) is 0 Å². The van der Waals surface area contributed by atoms with Crippen LogP contribution in [0.4, 0.5) is 4.79 Å². The summed E-state index contributed by atoms with van der Waals surface area (Å²) in [5.74, 6) is -1.51. The zero-order chi connectivity index (χ0) is 15.2. The Balaban J connectivity index is 1.88. The molecule has 1 aliphatic rings. The number of hydrogen-bond acceptors (Lipinski definition) is 4. The molecule has 2 rings (SSSR count). The molecule has 8 nitrogen and oxygen atoms in total. The quantitative estimate of drug-likeness (QED) is 0.674. The summed E-state index contributed by atoms with van der Waals surface area (Å²) in [6, 6.07) is 2.09. The number of aliphatic carboxylic acids is 1. The SMILES string of the molecule is O=C1CN(C(=O)NCCc2cccnc2)C(C(=O)O)CN1. The van der Waals surface area contributed by atoms with Crippen LogP contribution >= 0.6 is 0 Å². The lowest BCUT2D eigenvalue weighted by atomic mass is 10.2. The summed E-state index contributed by atoms with van der Waals surface area (Å²) in [5, 5.41) is 14.1. The highest BCUT2D eigenvalue weighted by molar-refractivity contribution is 5.90. The van der Waals surface area contributed by atoms with Crippen molar-refractivity contribution in [2.75, 3.05) is 19.6 Å². The molecule has 1 aliphatic heterocycles. The lowest BCUT2D eigenvalue weighted by Gasteiger charge is -2.32. The molecule has 112 valence electrons. The minimum absolute atomic E-state index is 0.0792. The number of carbonyl (C=O) groups is 3. The van der Waals surface area contributed by atoms with E-state index < -0.39 is 18.0 Å². The highest BCUT2D eigenvalue weighted by atomic mass is 16.4. The van der Waals surface area contributed by atoms with Crippen LogP contribution in [0.1, 0.15) is 5.56 Å². The fraction of sp³-hybridized carbons (Fsp3) is 0.385. The monoisotopic (exact) mass is 292 g/mol. The summed E-state index contributed by atoms with van der Waals surface area (Å²) >= 11 is 0. The van der Waals surface area contributed by atoms with Crippen LogP contribution in [-0.4, -0.2) is 58.6 Å². The maximum atomic E-state index is 12.0. The van der Waals surface area contributed by atoms with Gasteiger partial charge < -0.3 is 15.7 Å². The second-order valence-corrected chi connectivity index (χ2v) is 4.63. The molecule has 21 heavy (non-hydrogen) atoms. The van der Waals surface area contributed by atoms with E-state index in [0.717, 1.165) is 10.5 Å². The van der Waals surface area contributed by atoms with Crippen molar-refractivity contribution >= 4 is 17.9 Å². The first kappa shape index (κ1) is 14.8. The molecule has 1 aromatic heterocycles. The van der Waals surface area contributed by atoms with E-state index in [1.165, 1.54) is 0 Å². The molecular weight excluding hydrogens is 276 g/mol. The number of amides is 3. The molecule has 0 aromatic carbocycles. The molecule has 8 heteroatoms. The maximum absolute atomic E-state index is 12.0. The predicted molar refractivity (Wildman–Crippen MR) is 72.5 cm³/mol. The molecule has 3 N–H and O–H groups in total. The Morgan fingerprint density at radius 2 is 2.33 bits per heavy atom. The van der Waals surface area contributed by atoms with Gasteiger partial charge in [0.05, 0.1) is 0 Å². The van der Waals surface area contributed by atoms with Gasteiger partial charge >= 0.3 is 12.0 Å². The lowest BCUT2D eigenvalue weighted by Crippen LogP contribution is -2.61. The normalized spacial score (nSPS) is 18.0. The van der Waals surface area contributed by atoms with E-state index in [0.29, 0.717) is 13.0 Å². The Labute approximate surface area is 121 Å². The second-order valence-electron chi connectivity index (χ2n) is 4.63. The van der Waals surface area contributed by atoms with Crippen molar-refractivity contribution < 1.29 is 19.5 Å². The van der Waals surface area contributed by atoms with E-state index in [1.807, 2.05) is 6.07 Å². The number of aromatic nitrogens is 1. The molecule has 1 fully saturated rings. The molecule has 0 bridgehead atoms. The van der Waals surface area contributed by atoms with Crippen LogP contribution in [0.15, 0.2) is 24.5 Å². The third-order valence-corrected chi connectivity index (χ3v) is 3.14. The van der Waals surface area contributed by atoms with Gasteiger partial charge in [-0.3, -0.25) is 14.7 Å². The van der Waals surface area contributed by atoms with Gasteiger partial charge in [-0.1, -0.05) is 6.07 Å². The maximum Gasteiger partial charge on any atom is 0.328 e. The zero-order valence-electron chi connectivity index (χ0n) is 11.3. The average Bonchev–Trinajstić information content (AvgIpc) is 2.47. The Hall–Kier alpha value is -2.64. The Bertz CT molecular complexity index is 534. The summed E-state index contributed by atoms with van der Waals surface area (Å²) < 4.78 is 0. The topological polar surface area (TPSA) is 112 Å². The van der Waals surface area contributed by atoms with Crippen molar-refractivity contribution in [1.29, 1.82) is 0 Å². The van der Waals surface area contributed by atoms with Crippen LogP contribution < -0.4 is 10.6 Å². The third kappa shape index (κ3) is 3.91. The average molecular weight is 292 g/mol. The summed E-state index contributed by atoms with van der Waals surface area (Å²) in [4.78, 5) is 39.4. The molecule has 0 spiro atoms. The number of rotatable bonds is 4. The number of hydrogen-bond donors (Lipinski definition) is 3. The molecule has 1 aromatic rings. The van der Waals surface area contributed by atoms with Gasteiger partial charge in [0.15, 0.2) is 0 Å². The second kappa shape index (κ2) is 6.69. The Morgan fingerprint density at radius 1 is 1.52 bits per heavy atom. The van der Waals surface area contributed by atoms with Gasteiger partial charge in [0.1, 0.15) is 12.6 Å². The van der Waals surface area contributed by atoms with Gasteiger partial charge in [0.25, 0.3) is 0 Å². The zero-order valence-corrected chi connectivity index (χ0v) is 11.3. The van der Waals surface area contributed by atoms with E-state index in [1.54, 1.807) is 18.5 Å². The van der Waals surface area contributed by atoms with Crippen LogP contribution in [0.2, 0.25) is 0 Å². The number of carboxylic acids is 1. The summed E-state index contributed by atoms with van der Waals surface area (Å²) in [6.45, 7) is 0.00880. The van der Waals surface area contributed by atoms with Gasteiger partial charge in [-0.25, -0.2) is 9.59 Å². The molecular formula is C13H16N4O4. The molecule has 0 saturated carbocycles. The van der Waals surface area contributed by atoms with Crippen molar-refractivity contribution in [2.24, 2.45) is 0 Å². The van der Waals surface area contributed by atoms with Crippen molar-refractivity contribution in [1.82, 2.24) is 20.5 Å². The summed E-state index contributed by atoms with van der Waals surface area (Å²) in [7, 11) is 0. The number of carboxylic acid groups (broad SMARTS) is 1. The minimum atomic E-state index is -1.14. The summed E-state index contributed by atoms with van der Waals surface area (Å²) in [6.07, 6.45) is 3.93. The van der Waals surface area contributed by atoms with Gasteiger partial charge in [0, 0.05) is 25.5 Å². The number of carbonyl (C=O) groups excluding carboxylic acids is 2. The molecule has 1 saturated heterocycles. The first-order valence-corrected chi connectivity index (χ1v) is 6.51.